The van der Waals surface area contributed by atoms with Crippen LogP contribution in [0.4, 0.5) is 0 Å². The third kappa shape index (κ3) is 3.08. The Hall–Kier alpha value is -1.85. The first-order valence-corrected chi connectivity index (χ1v) is 4.65. The van der Waals surface area contributed by atoms with Gasteiger partial charge in [-0.2, -0.15) is 5.10 Å². The van der Waals surface area contributed by atoms with E-state index < -0.39 is 11.9 Å². The number of aromatic amines is 1. The lowest BCUT2D eigenvalue weighted by Crippen LogP contribution is -2.32. The molecule has 0 aliphatic heterocycles. The molecule has 1 heterocycles. The van der Waals surface area contributed by atoms with Gasteiger partial charge in [-0.15, -0.1) is 0 Å². The minimum absolute atomic E-state index is 0.135. The van der Waals surface area contributed by atoms with Gasteiger partial charge in [-0.25, -0.2) is 0 Å². The van der Waals surface area contributed by atoms with Crippen LogP contribution in [0.5, 0.6) is 0 Å². The first-order valence-electron chi connectivity index (χ1n) is 4.65. The van der Waals surface area contributed by atoms with Crippen molar-refractivity contribution in [2.75, 3.05) is 6.54 Å². The Labute approximate surface area is 86.7 Å². The highest BCUT2D eigenvalue weighted by Gasteiger charge is 2.16. The molecule has 1 aromatic heterocycles. The van der Waals surface area contributed by atoms with Gasteiger partial charge in [0.1, 0.15) is 0 Å². The van der Waals surface area contributed by atoms with Gasteiger partial charge in [0.05, 0.1) is 17.7 Å². The van der Waals surface area contributed by atoms with Crippen molar-refractivity contribution < 1.29 is 14.7 Å². The van der Waals surface area contributed by atoms with Gasteiger partial charge in [0.15, 0.2) is 0 Å². The quantitative estimate of drug-likeness (QED) is 0.650. The van der Waals surface area contributed by atoms with Gasteiger partial charge in [-0.3, -0.25) is 14.7 Å². The van der Waals surface area contributed by atoms with E-state index in [4.69, 9.17) is 5.11 Å². The van der Waals surface area contributed by atoms with Crippen molar-refractivity contribution in [2.24, 2.45) is 5.92 Å². The molecule has 0 bridgehead atoms. The van der Waals surface area contributed by atoms with Crippen molar-refractivity contribution in [3.05, 3.63) is 18.0 Å². The smallest absolute Gasteiger partial charge is 0.308 e. The molecule has 0 spiro atoms. The van der Waals surface area contributed by atoms with Crippen LogP contribution in [0.2, 0.25) is 0 Å². The summed E-state index contributed by atoms with van der Waals surface area (Å²) in [6.07, 6.45) is 3.33. The molecule has 1 aromatic rings. The van der Waals surface area contributed by atoms with E-state index in [0.717, 1.165) is 0 Å². The van der Waals surface area contributed by atoms with E-state index in [0.29, 0.717) is 12.0 Å². The molecule has 0 aromatic carbocycles. The standard InChI is InChI=1S/C9H13N3O3/c1-2-6(9(14)15)3-10-8(13)7-4-11-12-5-7/h4-6H,2-3H2,1H3,(H,10,13)(H,11,12)(H,14,15). The largest absolute Gasteiger partial charge is 0.481 e. The van der Waals surface area contributed by atoms with Crippen LogP contribution in [0.3, 0.4) is 0 Å². The molecule has 1 unspecified atom stereocenters. The third-order valence-corrected chi connectivity index (χ3v) is 2.11. The summed E-state index contributed by atoms with van der Waals surface area (Å²) in [4.78, 5) is 22.0. The predicted molar refractivity (Wildman–Crippen MR) is 52.3 cm³/mol. The minimum Gasteiger partial charge on any atom is -0.481 e. The molecule has 82 valence electrons. The zero-order chi connectivity index (χ0) is 11.3. The van der Waals surface area contributed by atoms with Crippen LogP contribution in [-0.2, 0) is 4.79 Å². The maximum Gasteiger partial charge on any atom is 0.308 e. The molecule has 15 heavy (non-hydrogen) atoms. The van der Waals surface area contributed by atoms with Crippen molar-refractivity contribution in [2.45, 2.75) is 13.3 Å². The Morgan fingerprint density at radius 2 is 2.40 bits per heavy atom. The highest BCUT2D eigenvalue weighted by molar-refractivity contribution is 5.93. The molecule has 1 rings (SSSR count). The molecule has 0 aliphatic carbocycles. The zero-order valence-corrected chi connectivity index (χ0v) is 8.36. The topological polar surface area (TPSA) is 95.1 Å². The van der Waals surface area contributed by atoms with Crippen LogP contribution in [0.1, 0.15) is 23.7 Å². The Kier molecular flexibility index (Phi) is 3.84. The molecule has 1 atom stereocenters. The molecule has 0 fully saturated rings. The van der Waals surface area contributed by atoms with Crippen LogP contribution in [0, 0.1) is 5.92 Å². The maximum absolute atomic E-state index is 11.4. The average molecular weight is 211 g/mol. The van der Waals surface area contributed by atoms with Crippen molar-refractivity contribution in [3.63, 3.8) is 0 Å². The van der Waals surface area contributed by atoms with E-state index in [1.54, 1.807) is 6.92 Å². The van der Waals surface area contributed by atoms with E-state index in [1.165, 1.54) is 12.4 Å². The lowest BCUT2D eigenvalue weighted by atomic mass is 10.1. The molecule has 0 saturated carbocycles. The molecule has 6 heteroatoms. The van der Waals surface area contributed by atoms with Gasteiger partial charge < -0.3 is 10.4 Å². The van der Waals surface area contributed by atoms with Gasteiger partial charge in [0, 0.05) is 12.7 Å². The van der Waals surface area contributed by atoms with Gasteiger partial charge in [0.25, 0.3) is 5.91 Å². The summed E-state index contributed by atoms with van der Waals surface area (Å²) in [6.45, 7) is 1.90. The summed E-state index contributed by atoms with van der Waals surface area (Å²) in [5.41, 5.74) is 0.398. The summed E-state index contributed by atoms with van der Waals surface area (Å²) in [5, 5.41) is 17.4. The van der Waals surface area contributed by atoms with Crippen LogP contribution in [0.25, 0.3) is 0 Å². The van der Waals surface area contributed by atoms with Crippen LogP contribution in [0.15, 0.2) is 12.4 Å². The van der Waals surface area contributed by atoms with Crippen molar-refractivity contribution >= 4 is 11.9 Å². The Morgan fingerprint density at radius 1 is 1.67 bits per heavy atom. The number of aliphatic carboxylic acids is 1. The Balaban J connectivity index is 2.43. The van der Waals surface area contributed by atoms with E-state index in [1.807, 2.05) is 0 Å². The van der Waals surface area contributed by atoms with Gasteiger partial charge in [0.2, 0.25) is 0 Å². The summed E-state index contributed by atoms with van der Waals surface area (Å²) >= 11 is 0. The van der Waals surface area contributed by atoms with Crippen LogP contribution < -0.4 is 5.32 Å². The Morgan fingerprint density at radius 3 is 2.87 bits per heavy atom. The predicted octanol–water partition coefficient (Wildman–Crippen LogP) is 0.250. The van der Waals surface area contributed by atoms with E-state index in [-0.39, 0.29) is 12.5 Å². The van der Waals surface area contributed by atoms with Gasteiger partial charge >= 0.3 is 5.97 Å². The minimum atomic E-state index is -0.898. The van der Waals surface area contributed by atoms with E-state index in [9.17, 15) is 9.59 Å². The fourth-order valence-corrected chi connectivity index (χ4v) is 1.10. The SMILES string of the molecule is CCC(CNC(=O)c1cn[nH]c1)C(=O)O. The zero-order valence-electron chi connectivity index (χ0n) is 8.36. The summed E-state index contributed by atoms with van der Waals surface area (Å²) in [5.74, 6) is -1.76. The monoisotopic (exact) mass is 211 g/mol. The van der Waals surface area contributed by atoms with Gasteiger partial charge in [-0.1, -0.05) is 6.92 Å². The molecule has 1 amide bonds. The summed E-state index contributed by atoms with van der Waals surface area (Å²) in [6, 6.07) is 0. The second-order valence-electron chi connectivity index (χ2n) is 3.14. The first-order chi connectivity index (χ1) is 7.15. The lowest BCUT2D eigenvalue weighted by Gasteiger charge is -2.09. The third-order valence-electron chi connectivity index (χ3n) is 2.11. The fraction of sp³-hybridized carbons (Fsp3) is 0.444. The van der Waals surface area contributed by atoms with Crippen LogP contribution in [-0.4, -0.2) is 33.7 Å². The molecule has 6 nitrogen and oxygen atoms in total. The molecule has 0 aliphatic rings. The number of carbonyl (C=O) groups is 2. The maximum atomic E-state index is 11.4. The number of carboxylic acid groups (broad SMARTS) is 1. The number of nitrogens with zero attached hydrogens (tertiary/aromatic N) is 1. The molecule has 0 saturated heterocycles. The highest BCUT2D eigenvalue weighted by Crippen LogP contribution is 2.01. The number of hydrogen-bond donors (Lipinski definition) is 3. The number of aromatic nitrogens is 2. The molecule has 0 radical (unpaired) electrons. The van der Waals surface area contributed by atoms with Crippen molar-refractivity contribution in [1.82, 2.24) is 15.5 Å². The van der Waals surface area contributed by atoms with Crippen molar-refractivity contribution in [1.29, 1.82) is 0 Å². The number of amides is 1. The van der Waals surface area contributed by atoms with Crippen molar-refractivity contribution in [3.8, 4) is 0 Å². The number of carbonyl (C=O) groups excluding carboxylic acids is 1. The van der Waals surface area contributed by atoms with Crippen LogP contribution >= 0.6 is 0 Å². The normalized spacial score (nSPS) is 12.1. The number of rotatable bonds is 5. The van der Waals surface area contributed by atoms with Gasteiger partial charge in [-0.05, 0) is 6.42 Å². The number of H-pyrrole nitrogens is 1. The highest BCUT2D eigenvalue weighted by atomic mass is 16.4. The molecule has 3 N–H and O–H groups in total. The summed E-state index contributed by atoms with van der Waals surface area (Å²) < 4.78 is 0. The fourth-order valence-electron chi connectivity index (χ4n) is 1.10. The number of carboxylic acids is 1. The second kappa shape index (κ2) is 5.14. The average Bonchev–Trinajstić information content (AvgIpc) is 2.70. The second-order valence-corrected chi connectivity index (χ2v) is 3.14. The molecular formula is C9H13N3O3. The lowest BCUT2D eigenvalue weighted by molar-refractivity contribution is -0.141. The summed E-state index contributed by atoms with van der Waals surface area (Å²) in [7, 11) is 0. The Bertz CT molecular complexity index is 334. The number of nitrogens with one attached hydrogen (secondary N) is 2. The first kappa shape index (κ1) is 11.2. The molecular weight excluding hydrogens is 198 g/mol. The van der Waals surface area contributed by atoms with E-state index >= 15 is 0 Å². The van der Waals surface area contributed by atoms with E-state index in [2.05, 4.69) is 15.5 Å². The number of hydrogen-bond acceptors (Lipinski definition) is 3.